The maximum Gasteiger partial charge on any atom is 0.237 e. The lowest BCUT2D eigenvalue weighted by Crippen LogP contribution is -2.49. The molecule has 0 aliphatic heterocycles. The van der Waals surface area contributed by atoms with Crippen molar-refractivity contribution in [3.8, 4) is 5.75 Å². The van der Waals surface area contributed by atoms with Gasteiger partial charge in [0.15, 0.2) is 11.6 Å². The van der Waals surface area contributed by atoms with Crippen LogP contribution < -0.4 is 15.4 Å². The van der Waals surface area contributed by atoms with E-state index in [1.807, 2.05) is 27.7 Å². The van der Waals surface area contributed by atoms with Crippen LogP contribution in [0, 0.1) is 5.82 Å². The molecular weight excluding hydrogens is 271 g/mol. The molecule has 0 saturated carbocycles. The highest BCUT2D eigenvalue weighted by molar-refractivity contribution is 5.82. The van der Waals surface area contributed by atoms with Crippen LogP contribution in [0.2, 0.25) is 0 Å². The summed E-state index contributed by atoms with van der Waals surface area (Å²) in [6.07, 6.45) is 0. The van der Waals surface area contributed by atoms with Crippen molar-refractivity contribution in [3.63, 3.8) is 0 Å². The third-order valence-corrected chi connectivity index (χ3v) is 3.07. The quantitative estimate of drug-likeness (QED) is 0.878. The van der Waals surface area contributed by atoms with Crippen molar-refractivity contribution in [2.45, 2.75) is 52.2 Å². The summed E-state index contributed by atoms with van der Waals surface area (Å²) in [5.74, 6) is -0.261. The van der Waals surface area contributed by atoms with Crippen molar-refractivity contribution < 1.29 is 13.9 Å². The van der Waals surface area contributed by atoms with E-state index in [1.165, 1.54) is 13.2 Å². The van der Waals surface area contributed by atoms with Gasteiger partial charge >= 0.3 is 0 Å². The van der Waals surface area contributed by atoms with Crippen LogP contribution in [0.3, 0.4) is 0 Å². The Kier molecular flexibility index (Phi) is 5.72. The van der Waals surface area contributed by atoms with E-state index in [-0.39, 0.29) is 29.3 Å². The number of carbonyl (C=O) groups is 1. The van der Waals surface area contributed by atoms with Crippen molar-refractivity contribution >= 4 is 5.91 Å². The monoisotopic (exact) mass is 296 g/mol. The highest BCUT2D eigenvalue weighted by atomic mass is 19.1. The van der Waals surface area contributed by atoms with Crippen LogP contribution in [0.5, 0.6) is 5.75 Å². The van der Waals surface area contributed by atoms with Gasteiger partial charge in [0, 0.05) is 11.6 Å². The second-order valence-electron chi connectivity index (χ2n) is 6.24. The molecule has 0 saturated heterocycles. The fraction of sp³-hybridized carbons (Fsp3) is 0.562. The molecule has 0 spiro atoms. The van der Waals surface area contributed by atoms with E-state index in [4.69, 9.17) is 4.74 Å². The van der Waals surface area contributed by atoms with Crippen LogP contribution in [0.4, 0.5) is 4.39 Å². The van der Waals surface area contributed by atoms with Gasteiger partial charge in [-0.3, -0.25) is 10.1 Å². The van der Waals surface area contributed by atoms with Crippen LogP contribution >= 0.6 is 0 Å². The number of amides is 1. The standard InChI is InChI=1S/C16H25FN2O2/c1-10(12-7-8-13(17)14(9-12)21-6)18-11(2)15(20)19-16(3,4)5/h7-11,18H,1-6H3,(H,19,20). The second kappa shape index (κ2) is 6.89. The molecule has 1 aromatic carbocycles. The third-order valence-electron chi connectivity index (χ3n) is 3.07. The predicted octanol–water partition coefficient (Wildman–Crippen LogP) is 2.79. The molecule has 2 unspecified atom stereocenters. The SMILES string of the molecule is COc1cc(C(C)NC(C)C(=O)NC(C)(C)C)ccc1F. The maximum atomic E-state index is 13.4. The van der Waals surface area contributed by atoms with Gasteiger partial charge in [0.1, 0.15) is 0 Å². The van der Waals surface area contributed by atoms with Gasteiger partial charge in [-0.1, -0.05) is 6.07 Å². The van der Waals surface area contributed by atoms with E-state index >= 15 is 0 Å². The normalized spacial score (nSPS) is 14.4. The number of hydrogen-bond acceptors (Lipinski definition) is 3. The summed E-state index contributed by atoms with van der Waals surface area (Å²) in [6.45, 7) is 9.54. The van der Waals surface area contributed by atoms with Gasteiger partial charge in [-0.25, -0.2) is 4.39 Å². The number of halogens is 1. The Hall–Kier alpha value is -1.62. The van der Waals surface area contributed by atoms with E-state index in [1.54, 1.807) is 19.1 Å². The van der Waals surface area contributed by atoms with E-state index < -0.39 is 5.82 Å². The summed E-state index contributed by atoms with van der Waals surface area (Å²) < 4.78 is 18.4. The average molecular weight is 296 g/mol. The molecule has 118 valence electrons. The first-order chi connectivity index (χ1) is 9.64. The number of benzene rings is 1. The van der Waals surface area contributed by atoms with Crippen molar-refractivity contribution in [3.05, 3.63) is 29.6 Å². The van der Waals surface area contributed by atoms with Crippen LogP contribution in [0.25, 0.3) is 0 Å². The molecule has 0 fully saturated rings. The van der Waals surface area contributed by atoms with Gasteiger partial charge in [0.2, 0.25) is 5.91 Å². The lowest BCUT2D eigenvalue weighted by Gasteiger charge is -2.25. The Balaban J connectivity index is 2.72. The molecule has 2 atom stereocenters. The largest absolute Gasteiger partial charge is 0.494 e. The number of carbonyl (C=O) groups excluding carboxylic acids is 1. The molecule has 21 heavy (non-hydrogen) atoms. The average Bonchev–Trinajstić information content (AvgIpc) is 2.37. The zero-order valence-electron chi connectivity index (χ0n) is 13.6. The number of ether oxygens (including phenoxy) is 1. The first kappa shape index (κ1) is 17.4. The van der Waals surface area contributed by atoms with E-state index in [2.05, 4.69) is 10.6 Å². The topological polar surface area (TPSA) is 50.4 Å². The van der Waals surface area contributed by atoms with Crippen molar-refractivity contribution in [1.29, 1.82) is 0 Å². The summed E-state index contributed by atoms with van der Waals surface area (Å²) in [5, 5.41) is 6.12. The van der Waals surface area contributed by atoms with Crippen molar-refractivity contribution in [2.24, 2.45) is 0 Å². The van der Waals surface area contributed by atoms with Gasteiger partial charge in [-0.05, 0) is 52.3 Å². The Bertz CT molecular complexity index is 498. The van der Waals surface area contributed by atoms with Crippen LogP contribution in [-0.2, 0) is 4.79 Å². The summed E-state index contributed by atoms with van der Waals surface area (Å²) in [4.78, 5) is 12.0. The predicted molar refractivity (Wildman–Crippen MR) is 81.9 cm³/mol. The summed E-state index contributed by atoms with van der Waals surface area (Å²) >= 11 is 0. The number of methoxy groups -OCH3 is 1. The fourth-order valence-corrected chi connectivity index (χ4v) is 1.97. The minimum atomic E-state index is -0.396. The lowest BCUT2D eigenvalue weighted by atomic mass is 10.1. The summed E-state index contributed by atoms with van der Waals surface area (Å²) in [5.41, 5.74) is 0.596. The Morgan fingerprint density at radius 1 is 1.29 bits per heavy atom. The highest BCUT2D eigenvalue weighted by Crippen LogP contribution is 2.22. The smallest absolute Gasteiger partial charge is 0.237 e. The van der Waals surface area contributed by atoms with Gasteiger partial charge in [-0.2, -0.15) is 0 Å². The van der Waals surface area contributed by atoms with Gasteiger partial charge in [0.05, 0.1) is 13.2 Å². The lowest BCUT2D eigenvalue weighted by molar-refractivity contribution is -0.124. The van der Waals surface area contributed by atoms with Gasteiger partial charge < -0.3 is 10.1 Å². The minimum Gasteiger partial charge on any atom is -0.494 e. The molecule has 1 amide bonds. The Morgan fingerprint density at radius 3 is 2.43 bits per heavy atom. The molecule has 0 radical (unpaired) electrons. The van der Waals surface area contributed by atoms with Crippen molar-refractivity contribution in [2.75, 3.05) is 7.11 Å². The second-order valence-corrected chi connectivity index (χ2v) is 6.24. The maximum absolute atomic E-state index is 13.4. The summed E-state index contributed by atoms with van der Waals surface area (Å²) in [7, 11) is 1.43. The molecule has 0 bridgehead atoms. The van der Waals surface area contributed by atoms with E-state index in [9.17, 15) is 9.18 Å². The number of nitrogens with one attached hydrogen (secondary N) is 2. The molecule has 0 heterocycles. The zero-order valence-corrected chi connectivity index (χ0v) is 13.6. The molecule has 1 rings (SSSR count). The fourth-order valence-electron chi connectivity index (χ4n) is 1.97. The van der Waals surface area contributed by atoms with Gasteiger partial charge in [0.25, 0.3) is 0 Å². The minimum absolute atomic E-state index is 0.0663. The van der Waals surface area contributed by atoms with Crippen molar-refractivity contribution in [1.82, 2.24) is 10.6 Å². The Labute approximate surface area is 126 Å². The molecule has 2 N–H and O–H groups in total. The zero-order chi connectivity index (χ0) is 16.2. The molecule has 0 aliphatic carbocycles. The first-order valence-electron chi connectivity index (χ1n) is 7.05. The van der Waals surface area contributed by atoms with Crippen LogP contribution in [0.15, 0.2) is 18.2 Å². The molecular formula is C16H25FN2O2. The highest BCUT2D eigenvalue weighted by Gasteiger charge is 2.21. The number of rotatable bonds is 5. The third kappa shape index (κ3) is 5.34. The number of hydrogen-bond donors (Lipinski definition) is 2. The molecule has 1 aromatic rings. The van der Waals surface area contributed by atoms with Crippen LogP contribution in [0.1, 0.15) is 46.2 Å². The molecule has 4 nitrogen and oxygen atoms in total. The molecule has 5 heteroatoms. The van der Waals surface area contributed by atoms with E-state index in [0.717, 1.165) is 5.56 Å². The van der Waals surface area contributed by atoms with Gasteiger partial charge in [-0.15, -0.1) is 0 Å². The first-order valence-corrected chi connectivity index (χ1v) is 7.05. The van der Waals surface area contributed by atoms with Crippen LogP contribution in [-0.4, -0.2) is 24.6 Å². The summed E-state index contributed by atoms with van der Waals surface area (Å²) in [6, 6.07) is 4.24. The molecule has 0 aliphatic rings. The Morgan fingerprint density at radius 2 is 1.90 bits per heavy atom. The molecule has 0 aromatic heterocycles. The van der Waals surface area contributed by atoms with E-state index in [0.29, 0.717) is 0 Å².